The van der Waals surface area contributed by atoms with Crippen LogP contribution in [0.5, 0.6) is 0 Å². The van der Waals surface area contributed by atoms with Crippen molar-refractivity contribution in [2.45, 2.75) is 32.8 Å². The average molecular weight is 284 g/mol. The second-order valence-corrected chi connectivity index (χ2v) is 4.78. The molecule has 0 amide bonds. The van der Waals surface area contributed by atoms with Gasteiger partial charge in [0.2, 0.25) is 0 Å². The van der Waals surface area contributed by atoms with Crippen LogP contribution in [0.4, 0.5) is 0 Å². The molecule has 6 heteroatoms. The molecule has 77 valence electrons. The first-order valence-corrected chi connectivity index (χ1v) is 5.87. The third-order valence-corrected chi connectivity index (χ3v) is 2.79. The van der Waals surface area contributed by atoms with E-state index in [1.54, 1.807) is 0 Å². The van der Waals surface area contributed by atoms with Crippen LogP contribution in [0.15, 0.2) is 0 Å². The Hall–Kier alpha value is 1.21. The van der Waals surface area contributed by atoms with E-state index in [-0.39, 0.29) is 45.5 Å². The number of aliphatic hydroxyl groups is 1. The molecule has 2 atom stereocenters. The topological polar surface area (TPSA) is 69.6 Å². The van der Waals surface area contributed by atoms with Crippen molar-refractivity contribution in [3.8, 4) is 0 Å². The molecule has 0 aromatic carbocycles. The van der Waals surface area contributed by atoms with Crippen LogP contribution in [0.25, 0.3) is 0 Å². The summed E-state index contributed by atoms with van der Waals surface area (Å²) in [6.45, 7) is 3.32. The first-order valence-electron chi connectivity index (χ1n) is 4.14. The number of hydrogen-bond donors (Lipinski definition) is 1. The van der Waals surface area contributed by atoms with Gasteiger partial charge in [0.05, 0.1) is 12.7 Å². The Bertz CT molecular complexity index is 165. The summed E-state index contributed by atoms with van der Waals surface area (Å²) in [5.74, 6) is 0. The quantitative estimate of drug-likeness (QED) is 0.730. The molecule has 0 fully saturated rings. The van der Waals surface area contributed by atoms with Crippen molar-refractivity contribution in [3.63, 3.8) is 0 Å². The molecule has 1 radical (unpaired) electrons. The van der Waals surface area contributed by atoms with Gasteiger partial charge in [-0.3, -0.25) is 0 Å². The minimum Gasteiger partial charge on any atom is -0.779 e. The van der Waals surface area contributed by atoms with E-state index in [4.69, 9.17) is 5.11 Å². The van der Waals surface area contributed by atoms with Crippen molar-refractivity contribution < 1.29 is 51.8 Å². The van der Waals surface area contributed by atoms with Crippen LogP contribution in [0.3, 0.4) is 0 Å². The van der Waals surface area contributed by atoms with E-state index < -0.39 is 13.7 Å². The van der Waals surface area contributed by atoms with E-state index in [1.807, 2.05) is 6.92 Å². The smallest absolute Gasteiger partial charge is 0.134 e. The van der Waals surface area contributed by atoms with Gasteiger partial charge in [-0.1, -0.05) is 20.3 Å². The van der Waals surface area contributed by atoms with E-state index in [0.717, 1.165) is 6.42 Å². The molecule has 1 N–H and O–H groups in total. The van der Waals surface area contributed by atoms with Gasteiger partial charge in [-0.15, -0.1) is 0 Å². The third kappa shape index (κ3) is 9.52. The van der Waals surface area contributed by atoms with Gasteiger partial charge < -0.3 is 19.1 Å². The summed E-state index contributed by atoms with van der Waals surface area (Å²) in [5.41, 5.74) is 0. The Morgan fingerprint density at radius 2 is 2.08 bits per heavy atom. The molecular weight excluding hydrogens is 268 g/mol. The van der Waals surface area contributed by atoms with Crippen molar-refractivity contribution in [3.05, 3.63) is 0 Å². The van der Waals surface area contributed by atoms with Crippen LogP contribution >= 0.6 is 7.60 Å². The maximum atomic E-state index is 10.8. The SMILES string of the molecule is CCCC(O)COP(=O)([O-])CC.[Y]. The van der Waals surface area contributed by atoms with E-state index in [0.29, 0.717) is 6.42 Å². The molecule has 0 aromatic heterocycles. The van der Waals surface area contributed by atoms with Crippen molar-refractivity contribution in [1.82, 2.24) is 0 Å². The summed E-state index contributed by atoms with van der Waals surface area (Å²) in [7, 11) is -3.66. The van der Waals surface area contributed by atoms with Gasteiger partial charge in [0.25, 0.3) is 0 Å². The van der Waals surface area contributed by atoms with E-state index >= 15 is 0 Å². The van der Waals surface area contributed by atoms with Crippen molar-refractivity contribution >= 4 is 7.60 Å². The minimum atomic E-state index is -3.66. The van der Waals surface area contributed by atoms with Crippen molar-refractivity contribution in [2.24, 2.45) is 0 Å². The van der Waals surface area contributed by atoms with Crippen LogP contribution < -0.4 is 4.89 Å². The van der Waals surface area contributed by atoms with Gasteiger partial charge in [0.1, 0.15) is 7.60 Å². The number of rotatable bonds is 6. The van der Waals surface area contributed by atoms with Gasteiger partial charge in [-0.25, -0.2) is 0 Å². The molecular formula is C7H16O4PY-. The molecule has 0 aliphatic heterocycles. The summed E-state index contributed by atoms with van der Waals surface area (Å²) in [5, 5.41) is 9.12. The van der Waals surface area contributed by atoms with E-state index in [2.05, 4.69) is 4.52 Å². The summed E-state index contributed by atoms with van der Waals surface area (Å²) < 4.78 is 15.3. The monoisotopic (exact) mass is 284 g/mol. The zero-order chi connectivity index (χ0) is 9.61. The molecule has 0 saturated heterocycles. The first-order chi connectivity index (χ1) is 5.52. The maximum Gasteiger partial charge on any atom is 0.134 e. The minimum absolute atomic E-state index is 0. The van der Waals surface area contributed by atoms with Gasteiger partial charge in [0, 0.05) is 38.9 Å². The Kier molecular flexibility index (Phi) is 10.9. The third-order valence-electron chi connectivity index (χ3n) is 1.47. The van der Waals surface area contributed by atoms with Crippen molar-refractivity contribution in [2.75, 3.05) is 12.8 Å². The van der Waals surface area contributed by atoms with Crippen LogP contribution in [0.1, 0.15) is 26.7 Å². The molecule has 13 heavy (non-hydrogen) atoms. The fourth-order valence-electron chi connectivity index (χ4n) is 0.707. The van der Waals surface area contributed by atoms with Crippen LogP contribution in [-0.2, 0) is 41.8 Å². The molecule has 2 unspecified atom stereocenters. The normalized spacial score (nSPS) is 17.2. The molecule has 0 aliphatic carbocycles. The Labute approximate surface area is 104 Å². The largest absolute Gasteiger partial charge is 0.779 e. The predicted octanol–water partition coefficient (Wildman–Crippen LogP) is 0.735. The molecule has 0 rings (SSSR count). The van der Waals surface area contributed by atoms with E-state index in [9.17, 15) is 9.46 Å². The van der Waals surface area contributed by atoms with Gasteiger partial charge in [-0.05, 0) is 6.42 Å². The molecule has 0 aromatic rings. The Balaban J connectivity index is 0. The standard InChI is InChI=1S/C7H17O4P.Y/c1-3-5-7(8)6-11-12(9,10)4-2;/h7-8H,3-6H2,1-2H3,(H,9,10);/p-1. The summed E-state index contributed by atoms with van der Waals surface area (Å²) >= 11 is 0. The van der Waals surface area contributed by atoms with Gasteiger partial charge in [0.15, 0.2) is 0 Å². The molecule has 0 spiro atoms. The molecule has 0 saturated carbocycles. The average Bonchev–Trinajstić information content (AvgIpc) is 2.02. The Morgan fingerprint density at radius 3 is 2.46 bits per heavy atom. The Morgan fingerprint density at radius 1 is 1.54 bits per heavy atom. The second-order valence-electron chi connectivity index (χ2n) is 2.67. The summed E-state index contributed by atoms with van der Waals surface area (Å²) in [6.07, 6.45) is 0.707. The summed E-state index contributed by atoms with van der Waals surface area (Å²) in [4.78, 5) is 10.8. The van der Waals surface area contributed by atoms with Crippen molar-refractivity contribution in [1.29, 1.82) is 0 Å². The zero-order valence-electron chi connectivity index (χ0n) is 8.10. The van der Waals surface area contributed by atoms with Crippen LogP contribution in [0.2, 0.25) is 0 Å². The number of aliphatic hydroxyl groups excluding tert-OH is 1. The van der Waals surface area contributed by atoms with E-state index in [1.165, 1.54) is 6.92 Å². The molecule has 4 nitrogen and oxygen atoms in total. The maximum absolute atomic E-state index is 10.8. The summed E-state index contributed by atoms with van der Waals surface area (Å²) in [6, 6.07) is 0. The predicted molar refractivity (Wildman–Crippen MR) is 45.0 cm³/mol. The van der Waals surface area contributed by atoms with Gasteiger partial charge >= 0.3 is 0 Å². The first kappa shape index (κ1) is 16.6. The second kappa shape index (κ2) is 8.52. The number of hydrogen-bond acceptors (Lipinski definition) is 4. The van der Waals surface area contributed by atoms with Crippen LogP contribution in [0, 0.1) is 0 Å². The molecule has 0 heterocycles. The van der Waals surface area contributed by atoms with Crippen LogP contribution in [-0.4, -0.2) is 24.0 Å². The molecule has 0 aliphatic rings. The van der Waals surface area contributed by atoms with Gasteiger partial charge in [-0.2, -0.15) is 0 Å². The zero-order valence-corrected chi connectivity index (χ0v) is 11.8. The fourth-order valence-corrected chi connectivity index (χ4v) is 1.29. The fraction of sp³-hybridized carbons (Fsp3) is 1.00. The molecule has 0 bridgehead atoms.